The van der Waals surface area contributed by atoms with Crippen LogP contribution in [0.4, 0.5) is 16.0 Å². The van der Waals surface area contributed by atoms with E-state index in [9.17, 15) is 9.18 Å². The molecule has 0 aliphatic carbocycles. The summed E-state index contributed by atoms with van der Waals surface area (Å²) in [5.41, 5.74) is 0.777. The van der Waals surface area contributed by atoms with Crippen molar-refractivity contribution in [1.29, 1.82) is 0 Å². The number of amides is 1. The summed E-state index contributed by atoms with van der Waals surface area (Å²) in [5, 5.41) is 5.59. The summed E-state index contributed by atoms with van der Waals surface area (Å²) in [5.74, 6) is -0.389. The summed E-state index contributed by atoms with van der Waals surface area (Å²) in [4.78, 5) is 19.9. The standard InChI is InChI=1S/C14H15FN4O/c1-9(2)17-13(20)12-6-7-16-14(19-12)18-11-5-3-4-10(15)8-11/h3-9H,1-2H3,(H,17,20)(H,16,18,19). The van der Waals surface area contributed by atoms with E-state index in [0.29, 0.717) is 5.69 Å². The fourth-order valence-corrected chi connectivity index (χ4v) is 1.58. The zero-order valence-corrected chi connectivity index (χ0v) is 11.2. The van der Waals surface area contributed by atoms with Crippen LogP contribution < -0.4 is 10.6 Å². The monoisotopic (exact) mass is 274 g/mol. The third-order valence-electron chi connectivity index (χ3n) is 2.39. The zero-order chi connectivity index (χ0) is 14.5. The number of halogens is 1. The number of nitrogens with zero attached hydrogens (tertiary/aromatic N) is 2. The van der Waals surface area contributed by atoms with E-state index in [0.717, 1.165) is 0 Å². The minimum atomic E-state index is -0.358. The molecule has 2 aromatic rings. The highest BCUT2D eigenvalue weighted by Gasteiger charge is 2.09. The molecular formula is C14H15FN4O. The van der Waals surface area contributed by atoms with Gasteiger partial charge in [-0.15, -0.1) is 0 Å². The van der Waals surface area contributed by atoms with Crippen LogP contribution in [0.1, 0.15) is 24.3 Å². The molecule has 1 heterocycles. The van der Waals surface area contributed by atoms with E-state index in [1.54, 1.807) is 12.1 Å². The zero-order valence-electron chi connectivity index (χ0n) is 11.2. The largest absolute Gasteiger partial charge is 0.349 e. The molecule has 104 valence electrons. The molecule has 0 fully saturated rings. The quantitative estimate of drug-likeness (QED) is 0.899. The summed E-state index contributed by atoms with van der Waals surface area (Å²) >= 11 is 0. The van der Waals surface area contributed by atoms with Crippen molar-refractivity contribution in [1.82, 2.24) is 15.3 Å². The van der Waals surface area contributed by atoms with Crippen molar-refractivity contribution in [2.75, 3.05) is 5.32 Å². The van der Waals surface area contributed by atoms with Crippen LogP contribution in [0.15, 0.2) is 36.5 Å². The smallest absolute Gasteiger partial charge is 0.270 e. The Kier molecular flexibility index (Phi) is 4.24. The lowest BCUT2D eigenvalue weighted by Crippen LogP contribution is -2.30. The topological polar surface area (TPSA) is 66.9 Å². The van der Waals surface area contributed by atoms with Crippen LogP contribution in [0, 0.1) is 5.82 Å². The molecule has 0 spiro atoms. The molecular weight excluding hydrogens is 259 g/mol. The van der Waals surface area contributed by atoms with E-state index >= 15 is 0 Å². The fraction of sp³-hybridized carbons (Fsp3) is 0.214. The minimum Gasteiger partial charge on any atom is -0.349 e. The molecule has 0 atom stereocenters. The Bertz CT molecular complexity index is 616. The van der Waals surface area contributed by atoms with Crippen molar-refractivity contribution in [3.8, 4) is 0 Å². The Balaban J connectivity index is 2.15. The predicted molar refractivity (Wildman–Crippen MR) is 74.3 cm³/mol. The normalized spacial score (nSPS) is 10.4. The van der Waals surface area contributed by atoms with Crippen LogP contribution in [0.3, 0.4) is 0 Å². The minimum absolute atomic E-state index is 0.0251. The van der Waals surface area contributed by atoms with Crippen LogP contribution in [-0.2, 0) is 0 Å². The van der Waals surface area contributed by atoms with E-state index in [2.05, 4.69) is 20.6 Å². The molecule has 1 amide bonds. The van der Waals surface area contributed by atoms with Crippen LogP contribution in [-0.4, -0.2) is 21.9 Å². The second-order valence-corrected chi connectivity index (χ2v) is 4.53. The molecule has 1 aromatic heterocycles. The number of hydrogen-bond donors (Lipinski definition) is 2. The van der Waals surface area contributed by atoms with Crippen molar-refractivity contribution < 1.29 is 9.18 Å². The highest BCUT2D eigenvalue weighted by atomic mass is 19.1. The van der Waals surface area contributed by atoms with Gasteiger partial charge in [-0.3, -0.25) is 4.79 Å². The Morgan fingerprint density at radius 1 is 1.30 bits per heavy atom. The Hall–Kier alpha value is -2.50. The van der Waals surface area contributed by atoms with Gasteiger partial charge in [0.25, 0.3) is 5.91 Å². The average molecular weight is 274 g/mol. The van der Waals surface area contributed by atoms with Crippen molar-refractivity contribution in [3.05, 3.63) is 48.0 Å². The maximum absolute atomic E-state index is 13.1. The van der Waals surface area contributed by atoms with E-state index < -0.39 is 0 Å². The van der Waals surface area contributed by atoms with Crippen molar-refractivity contribution in [2.24, 2.45) is 0 Å². The van der Waals surface area contributed by atoms with Crippen LogP contribution in [0.25, 0.3) is 0 Å². The van der Waals surface area contributed by atoms with Crippen LogP contribution in [0.5, 0.6) is 0 Å². The first-order chi connectivity index (χ1) is 9.54. The number of carbonyl (C=O) groups excluding carboxylic acids is 1. The lowest BCUT2D eigenvalue weighted by Gasteiger charge is -2.09. The molecule has 0 saturated carbocycles. The molecule has 0 bridgehead atoms. The third-order valence-corrected chi connectivity index (χ3v) is 2.39. The summed E-state index contributed by atoms with van der Waals surface area (Å²) in [6.45, 7) is 3.73. The third kappa shape index (κ3) is 3.74. The van der Waals surface area contributed by atoms with Gasteiger partial charge in [0.15, 0.2) is 0 Å². The number of carbonyl (C=O) groups is 1. The van der Waals surface area contributed by atoms with E-state index in [4.69, 9.17) is 0 Å². The lowest BCUT2D eigenvalue weighted by molar-refractivity contribution is 0.0938. The molecule has 1 aromatic carbocycles. The highest BCUT2D eigenvalue weighted by molar-refractivity contribution is 5.92. The van der Waals surface area contributed by atoms with Gasteiger partial charge in [-0.1, -0.05) is 6.07 Å². The summed E-state index contributed by atoms with van der Waals surface area (Å²) in [7, 11) is 0. The molecule has 6 heteroatoms. The number of benzene rings is 1. The van der Waals surface area contributed by atoms with E-state index in [1.165, 1.54) is 24.4 Å². The molecule has 20 heavy (non-hydrogen) atoms. The number of hydrogen-bond acceptors (Lipinski definition) is 4. The molecule has 0 saturated heterocycles. The van der Waals surface area contributed by atoms with Gasteiger partial charge in [0.1, 0.15) is 11.5 Å². The number of anilines is 2. The first-order valence-corrected chi connectivity index (χ1v) is 6.21. The van der Waals surface area contributed by atoms with Gasteiger partial charge in [0.05, 0.1) is 0 Å². The maximum atomic E-state index is 13.1. The second-order valence-electron chi connectivity index (χ2n) is 4.53. The van der Waals surface area contributed by atoms with Crippen molar-refractivity contribution in [3.63, 3.8) is 0 Å². The summed E-state index contributed by atoms with van der Waals surface area (Å²) in [6.07, 6.45) is 1.48. The van der Waals surface area contributed by atoms with Gasteiger partial charge >= 0.3 is 0 Å². The van der Waals surface area contributed by atoms with Gasteiger partial charge < -0.3 is 10.6 Å². The average Bonchev–Trinajstić information content (AvgIpc) is 2.38. The maximum Gasteiger partial charge on any atom is 0.270 e. The highest BCUT2D eigenvalue weighted by Crippen LogP contribution is 2.13. The number of nitrogens with one attached hydrogen (secondary N) is 2. The summed E-state index contributed by atoms with van der Waals surface area (Å²) in [6, 6.07) is 7.48. The van der Waals surface area contributed by atoms with E-state index in [-0.39, 0.29) is 29.4 Å². The number of rotatable bonds is 4. The van der Waals surface area contributed by atoms with Crippen molar-refractivity contribution >= 4 is 17.5 Å². The molecule has 2 N–H and O–H groups in total. The van der Waals surface area contributed by atoms with Gasteiger partial charge in [-0.05, 0) is 38.1 Å². The second kappa shape index (κ2) is 6.10. The van der Waals surface area contributed by atoms with E-state index in [1.807, 2.05) is 13.8 Å². The van der Waals surface area contributed by atoms with Crippen LogP contribution in [0.2, 0.25) is 0 Å². The first kappa shape index (κ1) is 13.9. The predicted octanol–water partition coefficient (Wildman–Crippen LogP) is 2.50. The lowest BCUT2D eigenvalue weighted by atomic mass is 10.3. The Morgan fingerprint density at radius 3 is 2.80 bits per heavy atom. The molecule has 2 rings (SSSR count). The van der Waals surface area contributed by atoms with Gasteiger partial charge in [0, 0.05) is 17.9 Å². The first-order valence-electron chi connectivity index (χ1n) is 6.21. The SMILES string of the molecule is CC(C)NC(=O)c1ccnc(Nc2cccc(F)c2)n1. The number of aromatic nitrogens is 2. The fourth-order valence-electron chi connectivity index (χ4n) is 1.58. The van der Waals surface area contributed by atoms with Gasteiger partial charge in [-0.25, -0.2) is 14.4 Å². The molecule has 0 unspecified atom stereocenters. The van der Waals surface area contributed by atoms with Gasteiger partial charge in [-0.2, -0.15) is 0 Å². The molecule has 5 nitrogen and oxygen atoms in total. The van der Waals surface area contributed by atoms with Crippen molar-refractivity contribution in [2.45, 2.75) is 19.9 Å². The van der Waals surface area contributed by atoms with Crippen LogP contribution >= 0.6 is 0 Å². The Labute approximate surface area is 116 Å². The summed E-state index contributed by atoms with van der Waals surface area (Å²) < 4.78 is 13.1. The van der Waals surface area contributed by atoms with Gasteiger partial charge in [0.2, 0.25) is 5.95 Å². The Morgan fingerprint density at radius 2 is 2.10 bits per heavy atom. The molecule has 0 radical (unpaired) electrons. The molecule has 0 aliphatic rings. The molecule has 0 aliphatic heterocycles.